The second-order valence-electron chi connectivity index (χ2n) is 12.6. The molecule has 0 saturated carbocycles. The van der Waals surface area contributed by atoms with Gasteiger partial charge in [0.05, 0.1) is 22.1 Å². The van der Waals surface area contributed by atoms with Crippen molar-refractivity contribution in [1.82, 2.24) is 9.13 Å². The summed E-state index contributed by atoms with van der Waals surface area (Å²) in [7, 11) is 0. The van der Waals surface area contributed by atoms with Crippen LogP contribution in [0.25, 0.3) is 65.8 Å². The summed E-state index contributed by atoms with van der Waals surface area (Å²) in [5.41, 5.74) is 10.4. The summed E-state index contributed by atoms with van der Waals surface area (Å²) in [6.45, 7) is 0. The van der Waals surface area contributed by atoms with Crippen molar-refractivity contribution in [3.63, 3.8) is 0 Å². The van der Waals surface area contributed by atoms with E-state index in [1.54, 1.807) is 0 Å². The number of benzene rings is 8. The highest BCUT2D eigenvalue weighted by Crippen LogP contribution is 2.43. The summed E-state index contributed by atoms with van der Waals surface area (Å²) >= 11 is 0. The highest BCUT2D eigenvalue weighted by Gasteiger charge is 2.21. The minimum Gasteiger partial charge on any atom is -0.310 e. The van der Waals surface area contributed by atoms with Crippen LogP contribution in [0, 0.1) is 0 Å². The van der Waals surface area contributed by atoms with E-state index in [-0.39, 0.29) is 0 Å². The van der Waals surface area contributed by atoms with Gasteiger partial charge in [0.1, 0.15) is 0 Å². The third kappa shape index (κ3) is 4.29. The molecule has 0 bridgehead atoms. The number of hydrogen-bond acceptors (Lipinski definition) is 1. The molecular weight excluding hydrogens is 595 g/mol. The van der Waals surface area contributed by atoms with E-state index in [1.807, 2.05) is 0 Å². The molecule has 3 nitrogen and oxygen atoms in total. The summed E-state index contributed by atoms with van der Waals surface area (Å²) in [4.78, 5) is 2.33. The van der Waals surface area contributed by atoms with E-state index in [2.05, 4.69) is 202 Å². The van der Waals surface area contributed by atoms with Crippen LogP contribution in [0.5, 0.6) is 0 Å². The Kier molecular flexibility index (Phi) is 6.18. The first-order valence-electron chi connectivity index (χ1n) is 16.8. The molecule has 0 N–H and O–H groups in total. The van der Waals surface area contributed by atoms with Crippen molar-refractivity contribution in [3.8, 4) is 11.4 Å². The van der Waals surface area contributed by atoms with Gasteiger partial charge in [0.2, 0.25) is 0 Å². The normalized spacial score (nSPS) is 11.7. The van der Waals surface area contributed by atoms with Gasteiger partial charge in [0.25, 0.3) is 0 Å². The van der Waals surface area contributed by atoms with Crippen LogP contribution in [-0.2, 0) is 0 Å². The van der Waals surface area contributed by atoms with Crippen LogP contribution in [0.1, 0.15) is 0 Å². The Morgan fingerprint density at radius 3 is 1.67 bits per heavy atom. The molecule has 0 spiro atoms. The maximum atomic E-state index is 2.47. The molecule has 49 heavy (non-hydrogen) atoms. The minimum atomic E-state index is 1.10. The molecule has 0 aliphatic rings. The first-order chi connectivity index (χ1) is 24.3. The molecule has 2 aromatic heterocycles. The molecule has 0 aliphatic carbocycles. The highest BCUT2D eigenvalue weighted by atomic mass is 15.1. The van der Waals surface area contributed by atoms with E-state index in [9.17, 15) is 0 Å². The van der Waals surface area contributed by atoms with E-state index in [0.717, 1.165) is 28.4 Å². The molecule has 2 heterocycles. The van der Waals surface area contributed by atoms with E-state index in [1.165, 1.54) is 54.4 Å². The largest absolute Gasteiger partial charge is 0.310 e. The Hall–Kier alpha value is -6.58. The van der Waals surface area contributed by atoms with Gasteiger partial charge < -0.3 is 14.0 Å². The molecule has 0 unspecified atom stereocenters. The van der Waals surface area contributed by atoms with Gasteiger partial charge in [-0.15, -0.1) is 0 Å². The van der Waals surface area contributed by atoms with Crippen molar-refractivity contribution in [2.24, 2.45) is 0 Å². The van der Waals surface area contributed by atoms with Crippen molar-refractivity contribution in [2.45, 2.75) is 0 Å². The lowest BCUT2D eigenvalue weighted by Gasteiger charge is -2.26. The Morgan fingerprint density at radius 1 is 0.327 bits per heavy atom. The number of aromatic nitrogens is 2. The van der Waals surface area contributed by atoms with Crippen molar-refractivity contribution in [2.75, 3.05) is 4.90 Å². The summed E-state index contributed by atoms with van der Waals surface area (Å²) in [5, 5.41) is 7.47. The van der Waals surface area contributed by atoms with Crippen LogP contribution in [0.15, 0.2) is 188 Å². The molecule has 0 amide bonds. The summed E-state index contributed by atoms with van der Waals surface area (Å²) < 4.78 is 4.91. The first kappa shape index (κ1) is 27.5. The lowest BCUT2D eigenvalue weighted by Crippen LogP contribution is -2.10. The zero-order valence-electron chi connectivity index (χ0n) is 26.7. The van der Waals surface area contributed by atoms with Crippen molar-refractivity contribution < 1.29 is 0 Å². The molecule has 8 aromatic carbocycles. The van der Waals surface area contributed by atoms with Crippen molar-refractivity contribution in [3.05, 3.63) is 188 Å². The number of hydrogen-bond donors (Lipinski definition) is 0. The molecule has 230 valence electrons. The molecule has 0 aliphatic heterocycles. The highest BCUT2D eigenvalue weighted by molar-refractivity contribution is 6.26. The molecule has 0 radical (unpaired) electrons. The smallest absolute Gasteiger partial charge is 0.0641 e. The van der Waals surface area contributed by atoms with Crippen molar-refractivity contribution in [1.29, 1.82) is 0 Å². The van der Waals surface area contributed by atoms with E-state index in [0.29, 0.717) is 0 Å². The Balaban J connectivity index is 1.28. The van der Waals surface area contributed by atoms with Crippen LogP contribution < -0.4 is 4.90 Å². The Morgan fingerprint density at radius 2 is 0.918 bits per heavy atom. The zero-order chi connectivity index (χ0) is 32.3. The minimum absolute atomic E-state index is 1.10. The standard InChI is InChI=1S/C46H31N3/c1-3-16-34(17-4-1)47(35-18-5-2-6-19-35)36-20-13-21-37(31-36)49-42-24-11-9-22-39(42)40-28-29-44-45(46(40)49)41-23-10-12-25-43(41)48(44)38-27-26-32-14-7-8-15-33(32)30-38/h1-31H. The van der Waals surface area contributed by atoms with Gasteiger partial charge in [0, 0.05) is 50.0 Å². The SMILES string of the molecule is c1ccc(N(c2ccccc2)c2cccc(-n3c4ccccc4c4ccc5c(c6ccccc6n5-c5ccc6ccccc6c5)c43)c2)cc1. The summed E-state index contributed by atoms with van der Waals surface area (Å²) in [6.07, 6.45) is 0. The Bertz CT molecular complexity index is 2790. The fourth-order valence-electron chi connectivity index (χ4n) is 7.74. The zero-order valence-corrected chi connectivity index (χ0v) is 26.7. The number of anilines is 3. The van der Waals surface area contributed by atoms with Crippen LogP contribution in [0.2, 0.25) is 0 Å². The van der Waals surface area contributed by atoms with Gasteiger partial charge in [-0.05, 0) is 83.6 Å². The lowest BCUT2D eigenvalue weighted by molar-refractivity contribution is 1.17. The van der Waals surface area contributed by atoms with Gasteiger partial charge in [-0.25, -0.2) is 0 Å². The molecule has 10 aromatic rings. The van der Waals surface area contributed by atoms with E-state index in [4.69, 9.17) is 0 Å². The predicted molar refractivity (Wildman–Crippen MR) is 207 cm³/mol. The van der Waals surface area contributed by atoms with Gasteiger partial charge in [-0.3, -0.25) is 0 Å². The van der Waals surface area contributed by atoms with Crippen LogP contribution in [-0.4, -0.2) is 9.13 Å². The summed E-state index contributed by atoms with van der Waals surface area (Å²) in [6, 6.07) is 67.9. The van der Waals surface area contributed by atoms with Crippen LogP contribution in [0.4, 0.5) is 17.1 Å². The molecule has 0 fully saturated rings. The molecule has 0 atom stereocenters. The molecular formula is C46H31N3. The number of fused-ring (bicyclic) bond motifs is 8. The third-order valence-electron chi connectivity index (χ3n) is 9.84. The van der Waals surface area contributed by atoms with E-state index < -0.39 is 0 Å². The van der Waals surface area contributed by atoms with Gasteiger partial charge in [0.15, 0.2) is 0 Å². The number of para-hydroxylation sites is 4. The molecule has 10 rings (SSSR count). The predicted octanol–water partition coefficient (Wildman–Crippen LogP) is 12.5. The number of rotatable bonds is 5. The third-order valence-corrected chi connectivity index (χ3v) is 9.84. The Labute approximate surface area is 284 Å². The van der Waals surface area contributed by atoms with Gasteiger partial charge in [-0.1, -0.05) is 115 Å². The van der Waals surface area contributed by atoms with E-state index >= 15 is 0 Å². The van der Waals surface area contributed by atoms with Gasteiger partial charge in [-0.2, -0.15) is 0 Å². The number of nitrogens with zero attached hydrogens (tertiary/aromatic N) is 3. The van der Waals surface area contributed by atoms with Crippen LogP contribution in [0.3, 0.4) is 0 Å². The maximum absolute atomic E-state index is 2.47. The van der Waals surface area contributed by atoms with Crippen molar-refractivity contribution >= 4 is 71.4 Å². The molecule has 3 heteroatoms. The fraction of sp³-hybridized carbons (Fsp3) is 0. The quantitative estimate of drug-likeness (QED) is 0.185. The second kappa shape index (κ2) is 11.0. The van der Waals surface area contributed by atoms with Gasteiger partial charge >= 0.3 is 0 Å². The fourth-order valence-corrected chi connectivity index (χ4v) is 7.74. The maximum Gasteiger partial charge on any atom is 0.0641 e. The lowest BCUT2D eigenvalue weighted by atomic mass is 10.1. The first-order valence-corrected chi connectivity index (χ1v) is 16.8. The average molecular weight is 626 g/mol. The van der Waals surface area contributed by atoms with Crippen LogP contribution >= 0.6 is 0 Å². The average Bonchev–Trinajstić information content (AvgIpc) is 3.69. The summed E-state index contributed by atoms with van der Waals surface area (Å²) in [5.74, 6) is 0. The molecule has 0 saturated heterocycles. The topological polar surface area (TPSA) is 13.1 Å². The second-order valence-corrected chi connectivity index (χ2v) is 12.6. The monoisotopic (exact) mass is 625 g/mol.